The predicted molar refractivity (Wildman–Crippen MR) is 52.1 cm³/mol. The Morgan fingerprint density at radius 1 is 1.43 bits per heavy atom. The Hall–Kier alpha value is -1.10. The van der Waals surface area contributed by atoms with Crippen molar-refractivity contribution in [2.75, 3.05) is 6.54 Å². The van der Waals surface area contributed by atoms with Crippen molar-refractivity contribution in [3.8, 4) is 0 Å². The second-order valence-electron chi connectivity index (χ2n) is 4.01. The second-order valence-corrected chi connectivity index (χ2v) is 4.01. The van der Waals surface area contributed by atoms with Gasteiger partial charge in [0.25, 0.3) is 0 Å². The van der Waals surface area contributed by atoms with E-state index in [1.54, 1.807) is 0 Å². The van der Waals surface area contributed by atoms with E-state index in [-0.39, 0.29) is 11.8 Å². The van der Waals surface area contributed by atoms with Crippen LogP contribution in [0.4, 0.5) is 0 Å². The molecule has 0 saturated carbocycles. The lowest BCUT2D eigenvalue weighted by atomic mass is 9.97. The van der Waals surface area contributed by atoms with Gasteiger partial charge in [-0.15, -0.1) is 0 Å². The maximum atomic E-state index is 11.7. The monoisotopic (exact) mass is 199 g/mol. The third kappa shape index (κ3) is 1.87. The van der Waals surface area contributed by atoms with Crippen LogP contribution in [-0.2, 0) is 9.59 Å². The van der Waals surface area contributed by atoms with E-state index in [0.717, 1.165) is 0 Å². The van der Waals surface area contributed by atoms with Crippen molar-refractivity contribution in [3.63, 3.8) is 0 Å². The minimum atomic E-state index is -0.530. The molecule has 2 atom stereocenters. The lowest BCUT2D eigenvalue weighted by Crippen LogP contribution is -2.61. The molecule has 1 unspecified atom stereocenters. The summed E-state index contributed by atoms with van der Waals surface area (Å²) in [4.78, 5) is 24.0. The van der Waals surface area contributed by atoms with Gasteiger partial charge in [0.2, 0.25) is 11.8 Å². The Labute approximate surface area is 83.4 Å². The first-order valence-corrected chi connectivity index (χ1v) is 4.80. The van der Waals surface area contributed by atoms with Crippen molar-refractivity contribution in [2.24, 2.45) is 17.4 Å². The molecule has 5 nitrogen and oxygen atoms in total. The number of hydrogen-bond donors (Lipinski definition) is 2. The summed E-state index contributed by atoms with van der Waals surface area (Å²) in [6.07, 6.45) is 0.659. The Balaban J connectivity index is 2.58. The smallest absolute Gasteiger partial charge is 0.240 e. The maximum Gasteiger partial charge on any atom is 0.240 e. The van der Waals surface area contributed by atoms with Crippen molar-refractivity contribution in [1.29, 1.82) is 0 Å². The number of carbonyl (C=O) groups excluding carboxylic acids is 2. The van der Waals surface area contributed by atoms with Gasteiger partial charge in [0.15, 0.2) is 0 Å². The molecule has 0 aliphatic carbocycles. The number of amides is 2. The molecule has 4 N–H and O–H groups in total. The van der Waals surface area contributed by atoms with Gasteiger partial charge in [0.05, 0.1) is 6.04 Å². The first-order chi connectivity index (χ1) is 6.45. The van der Waals surface area contributed by atoms with Crippen molar-refractivity contribution in [3.05, 3.63) is 0 Å². The standard InChI is InChI=1S/C9H17N3O2/c1-5(2)7(10)9(14)12-4-3-6(12)8(11)13/h5-7H,3-4,10H2,1-2H3,(H2,11,13)/t6?,7-/m1/s1. The lowest BCUT2D eigenvalue weighted by Gasteiger charge is -2.40. The van der Waals surface area contributed by atoms with Crippen molar-refractivity contribution in [1.82, 2.24) is 4.90 Å². The van der Waals surface area contributed by atoms with Crippen LogP contribution >= 0.6 is 0 Å². The van der Waals surface area contributed by atoms with Gasteiger partial charge in [-0.3, -0.25) is 9.59 Å². The molecule has 0 aromatic rings. The molecule has 1 aliphatic rings. The zero-order chi connectivity index (χ0) is 10.9. The van der Waals surface area contributed by atoms with Gasteiger partial charge in [0, 0.05) is 6.54 Å². The average Bonchev–Trinajstić information content (AvgIpc) is 1.99. The van der Waals surface area contributed by atoms with Crippen molar-refractivity contribution < 1.29 is 9.59 Å². The van der Waals surface area contributed by atoms with Crippen LogP contribution in [0.25, 0.3) is 0 Å². The molecule has 5 heteroatoms. The SMILES string of the molecule is CC(C)[C@@H](N)C(=O)N1CCC1C(N)=O. The fourth-order valence-corrected chi connectivity index (χ4v) is 1.42. The predicted octanol–water partition coefficient (Wildman–Crippen LogP) is -0.944. The summed E-state index contributed by atoms with van der Waals surface area (Å²) in [6.45, 7) is 4.34. The van der Waals surface area contributed by atoms with Crippen LogP contribution in [0.1, 0.15) is 20.3 Å². The van der Waals surface area contributed by atoms with Crippen LogP contribution in [0, 0.1) is 5.92 Å². The minimum Gasteiger partial charge on any atom is -0.368 e. The minimum absolute atomic E-state index is 0.0802. The van der Waals surface area contributed by atoms with Gasteiger partial charge < -0.3 is 16.4 Å². The fourth-order valence-electron chi connectivity index (χ4n) is 1.42. The molecule has 0 bridgehead atoms. The van der Waals surface area contributed by atoms with E-state index >= 15 is 0 Å². The zero-order valence-electron chi connectivity index (χ0n) is 8.56. The molecule has 0 aromatic carbocycles. The van der Waals surface area contributed by atoms with Crippen LogP contribution in [0.3, 0.4) is 0 Å². The molecule has 14 heavy (non-hydrogen) atoms. The Bertz CT molecular complexity index is 252. The molecule has 1 heterocycles. The first-order valence-electron chi connectivity index (χ1n) is 4.80. The summed E-state index contributed by atoms with van der Waals surface area (Å²) in [5, 5.41) is 0. The topological polar surface area (TPSA) is 89.4 Å². The summed E-state index contributed by atoms with van der Waals surface area (Å²) in [7, 11) is 0. The third-order valence-electron chi connectivity index (χ3n) is 2.63. The number of nitrogens with zero attached hydrogens (tertiary/aromatic N) is 1. The average molecular weight is 199 g/mol. The van der Waals surface area contributed by atoms with Gasteiger partial charge in [-0.25, -0.2) is 0 Å². The highest BCUT2D eigenvalue weighted by atomic mass is 16.2. The molecule has 0 aromatic heterocycles. The second kappa shape index (κ2) is 3.96. The van der Waals surface area contributed by atoms with E-state index in [9.17, 15) is 9.59 Å². The summed E-state index contributed by atoms with van der Waals surface area (Å²) in [6, 6.07) is -0.968. The van der Waals surface area contributed by atoms with Crippen LogP contribution in [0.2, 0.25) is 0 Å². The number of nitrogens with two attached hydrogens (primary N) is 2. The van der Waals surface area contributed by atoms with Gasteiger partial charge in [-0.2, -0.15) is 0 Å². The van der Waals surface area contributed by atoms with Crippen LogP contribution < -0.4 is 11.5 Å². The third-order valence-corrected chi connectivity index (χ3v) is 2.63. The Morgan fingerprint density at radius 3 is 2.29 bits per heavy atom. The molecule has 80 valence electrons. The molecule has 1 aliphatic heterocycles. The molecule has 1 saturated heterocycles. The lowest BCUT2D eigenvalue weighted by molar-refractivity contribution is -0.147. The van der Waals surface area contributed by atoms with Crippen LogP contribution in [0.15, 0.2) is 0 Å². The number of primary amides is 1. The quantitative estimate of drug-likeness (QED) is 0.614. The van der Waals surface area contributed by atoms with E-state index in [4.69, 9.17) is 11.5 Å². The molecule has 1 fully saturated rings. The number of hydrogen-bond acceptors (Lipinski definition) is 3. The first kappa shape index (κ1) is 11.0. The summed E-state index contributed by atoms with van der Waals surface area (Å²) >= 11 is 0. The van der Waals surface area contributed by atoms with Crippen LogP contribution in [0.5, 0.6) is 0 Å². The van der Waals surface area contributed by atoms with Gasteiger partial charge in [-0.05, 0) is 12.3 Å². The van der Waals surface area contributed by atoms with E-state index in [1.165, 1.54) is 4.90 Å². The largest absolute Gasteiger partial charge is 0.368 e. The number of rotatable bonds is 3. The fraction of sp³-hybridized carbons (Fsp3) is 0.778. The normalized spacial score (nSPS) is 23.1. The summed E-state index contributed by atoms with van der Waals surface area (Å²) in [5.74, 6) is -0.535. The highest BCUT2D eigenvalue weighted by Gasteiger charge is 2.38. The van der Waals surface area contributed by atoms with E-state index < -0.39 is 18.0 Å². The van der Waals surface area contributed by atoms with E-state index in [2.05, 4.69) is 0 Å². The molecular weight excluding hydrogens is 182 g/mol. The maximum absolute atomic E-state index is 11.7. The molecule has 0 spiro atoms. The van der Waals surface area contributed by atoms with Gasteiger partial charge in [0.1, 0.15) is 6.04 Å². The molecule has 1 rings (SSSR count). The van der Waals surface area contributed by atoms with E-state index in [0.29, 0.717) is 13.0 Å². The van der Waals surface area contributed by atoms with Crippen molar-refractivity contribution in [2.45, 2.75) is 32.4 Å². The van der Waals surface area contributed by atoms with Crippen LogP contribution in [-0.4, -0.2) is 35.3 Å². The van der Waals surface area contributed by atoms with Crippen molar-refractivity contribution >= 4 is 11.8 Å². The van der Waals surface area contributed by atoms with E-state index in [1.807, 2.05) is 13.8 Å². The number of carbonyl (C=O) groups is 2. The molecule has 2 amide bonds. The molecule has 0 radical (unpaired) electrons. The summed E-state index contributed by atoms with van der Waals surface area (Å²) in [5.41, 5.74) is 10.8. The van der Waals surface area contributed by atoms with Gasteiger partial charge in [-0.1, -0.05) is 13.8 Å². The Morgan fingerprint density at radius 2 is 2.00 bits per heavy atom. The zero-order valence-corrected chi connectivity index (χ0v) is 8.56. The number of likely N-dealkylation sites (tertiary alicyclic amines) is 1. The summed E-state index contributed by atoms with van der Waals surface area (Å²) < 4.78 is 0. The molecular formula is C9H17N3O2. The highest BCUT2D eigenvalue weighted by Crippen LogP contribution is 2.19. The Kier molecular flexibility index (Phi) is 3.10. The van der Waals surface area contributed by atoms with Gasteiger partial charge >= 0.3 is 0 Å². The highest BCUT2D eigenvalue weighted by molar-refractivity contribution is 5.90.